The van der Waals surface area contributed by atoms with E-state index in [-0.39, 0.29) is 12.1 Å². The van der Waals surface area contributed by atoms with Crippen molar-refractivity contribution in [3.05, 3.63) is 0 Å². The average Bonchev–Trinajstić information content (AvgIpc) is 2.71. The fourth-order valence-corrected chi connectivity index (χ4v) is 6.54. The average molecular weight is 377 g/mol. The third-order valence-electron chi connectivity index (χ3n) is 8.17. The van der Waals surface area contributed by atoms with Crippen LogP contribution in [-0.2, 0) is 9.53 Å². The van der Waals surface area contributed by atoms with Gasteiger partial charge in [-0.15, -0.1) is 0 Å². The molecule has 0 N–H and O–H groups in total. The Hall–Kier alpha value is -0.530. The molecule has 0 bridgehead atoms. The largest absolute Gasteiger partial charge is 0.462 e. The lowest BCUT2D eigenvalue weighted by molar-refractivity contribution is -0.150. The summed E-state index contributed by atoms with van der Waals surface area (Å²) in [5.41, 5.74) is 0.551. The topological polar surface area (TPSA) is 26.3 Å². The lowest BCUT2D eigenvalue weighted by Gasteiger charge is -2.47. The van der Waals surface area contributed by atoms with Crippen molar-refractivity contribution in [2.75, 3.05) is 0 Å². The van der Waals surface area contributed by atoms with Gasteiger partial charge in [-0.25, -0.2) is 0 Å². The second-order valence-electron chi connectivity index (χ2n) is 10.0. The molecule has 3 aliphatic rings. The van der Waals surface area contributed by atoms with E-state index < -0.39 is 0 Å². The highest BCUT2D eigenvalue weighted by atomic mass is 16.5. The molecule has 0 spiro atoms. The van der Waals surface area contributed by atoms with Gasteiger partial charge < -0.3 is 4.74 Å². The molecule has 0 atom stereocenters. The molecule has 0 unspecified atom stereocenters. The van der Waals surface area contributed by atoms with Crippen LogP contribution in [0.2, 0.25) is 0 Å². The molecule has 3 fully saturated rings. The minimum absolute atomic E-state index is 0.0837. The number of esters is 1. The Morgan fingerprint density at radius 3 is 2.15 bits per heavy atom. The summed E-state index contributed by atoms with van der Waals surface area (Å²) < 4.78 is 5.77. The molecular formula is C25H44O2. The van der Waals surface area contributed by atoms with Crippen molar-refractivity contribution in [1.82, 2.24) is 0 Å². The highest BCUT2D eigenvalue weighted by Crippen LogP contribution is 2.53. The first kappa shape index (κ1) is 21.2. The first-order valence-electron chi connectivity index (χ1n) is 12.4. The predicted octanol–water partition coefficient (Wildman–Crippen LogP) is 7.59. The fourth-order valence-electron chi connectivity index (χ4n) is 6.54. The third kappa shape index (κ3) is 6.23. The van der Waals surface area contributed by atoms with Crippen LogP contribution in [0.1, 0.15) is 129 Å². The van der Waals surface area contributed by atoms with Crippen molar-refractivity contribution < 1.29 is 9.53 Å². The first-order chi connectivity index (χ1) is 13.2. The molecule has 3 saturated carbocycles. The molecule has 27 heavy (non-hydrogen) atoms. The number of hydrogen-bond donors (Lipinski definition) is 0. The molecule has 0 aromatic heterocycles. The minimum Gasteiger partial charge on any atom is -0.462 e. The van der Waals surface area contributed by atoms with Gasteiger partial charge in [0.15, 0.2) is 0 Å². The molecule has 156 valence electrons. The normalized spacial score (nSPS) is 30.9. The van der Waals surface area contributed by atoms with E-state index in [2.05, 4.69) is 6.92 Å². The standard InChI is InChI=1S/C25H44O2/c1-2-10-21-16-19-25(20-17-21,22-11-5-3-6-12-22)18-9-15-24(26)27-23-13-7-4-8-14-23/h21-23H,2-20H2,1H3. The quantitative estimate of drug-likeness (QED) is 0.408. The van der Waals surface area contributed by atoms with E-state index >= 15 is 0 Å². The van der Waals surface area contributed by atoms with Crippen LogP contribution >= 0.6 is 0 Å². The second kappa shape index (κ2) is 10.9. The molecule has 3 aliphatic carbocycles. The van der Waals surface area contributed by atoms with E-state index in [9.17, 15) is 4.79 Å². The number of rotatable bonds is 8. The second-order valence-corrected chi connectivity index (χ2v) is 10.0. The van der Waals surface area contributed by atoms with Gasteiger partial charge in [-0.05, 0) is 94.3 Å². The van der Waals surface area contributed by atoms with Gasteiger partial charge in [0, 0.05) is 6.42 Å². The Bertz CT molecular complexity index is 424. The number of carbonyl (C=O) groups excluding carboxylic acids is 1. The van der Waals surface area contributed by atoms with Crippen LogP contribution in [0.5, 0.6) is 0 Å². The van der Waals surface area contributed by atoms with Crippen molar-refractivity contribution in [2.24, 2.45) is 17.3 Å². The first-order valence-corrected chi connectivity index (χ1v) is 12.4. The molecule has 0 saturated heterocycles. The van der Waals surface area contributed by atoms with E-state index in [4.69, 9.17) is 4.74 Å². The van der Waals surface area contributed by atoms with Crippen LogP contribution in [0.4, 0.5) is 0 Å². The molecular weight excluding hydrogens is 332 g/mol. The van der Waals surface area contributed by atoms with Crippen LogP contribution in [0.15, 0.2) is 0 Å². The summed E-state index contributed by atoms with van der Waals surface area (Å²) in [6.45, 7) is 2.33. The van der Waals surface area contributed by atoms with Crippen molar-refractivity contribution >= 4 is 5.97 Å². The summed E-state index contributed by atoms with van der Waals surface area (Å²) >= 11 is 0. The molecule has 3 rings (SSSR count). The smallest absolute Gasteiger partial charge is 0.306 e. The Kier molecular flexibility index (Phi) is 8.52. The van der Waals surface area contributed by atoms with E-state index in [0.29, 0.717) is 11.8 Å². The van der Waals surface area contributed by atoms with Crippen LogP contribution in [0.25, 0.3) is 0 Å². The van der Waals surface area contributed by atoms with Gasteiger partial charge in [-0.3, -0.25) is 4.79 Å². The third-order valence-corrected chi connectivity index (χ3v) is 8.17. The number of hydrogen-bond acceptors (Lipinski definition) is 2. The summed E-state index contributed by atoms with van der Waals surface area (Å²) in [4.78, 5) is 12.3. The maximum Gasteiger partial charge on any atom is 0.306 e. The molecule has 0 amide bonds. The van der Waals surface area contributed by atoms with Crippen molar-refractivity contribution in [3.63, 3.8) is 0 Å². The Labute approximate surface area is 168 Å². The van der Waals surface area contributed by atoms with Crippen LogP contribution in [-0.4, -0.2) is 12.1 Å². The lowest BCUT2D eigenvalue weighted by atomic mass is 9.58. The van der Waals surface area contributed by atoms with Gasteiger partial charge in [-0.2, -0.15) is 0 Å². The summed E-state index contributed by atoms with van der Waals surface area (Å²) in [6, 6.07) is 0. The molecule has 0 heterocycles. The zero-order chi connectivity index (χ0) is 19.0. The van der Waals surface area contributed by atoms with Crippen LogP contribution in [0.3, 0.4) is 0 Å². The molecule has 0 aromatic rings. The van der Waals surface area contributed by atoms with Gasteiger partial charge in [0.1, 0.15) is 6.10 Å². The molecule has 0 radical (unpaired) electrons. The minimum atomic E-state index is 0.0837. The molecule has 0 aromatic carbocycles. The maximum atomic E-state index is 12.3. The maximum absolute atomic E-state index is 12.3. The highest BCUT2D eigenvalue weighted by molar-refractivity contribution is 5.69. The zero-order valence-corrected chi connectivity index (χ0v) is 18.0. The number of carbonyl (C=O) groups is 1. The summed E-state index contributed by atoms with van der Waals surface area (Å²) in [7, 11) is 0. The van der Waals surface area contributed by atoms with Crippen LogP contribution in [0, 0.1) is 17.3 Å². The van der Waals surface area contributed by atoms with Gasteiger partial charge in [0.2, 0.25) is 0 Å². The lowest BCUT2D eigenvalue weighted by Crippen LogP contribution is -2.36. The highest BCUT2D eigenvalue weighted by Gasteiger charge is 2.41. The van der Waals surface area contributed by atoms with Gasteiger partial charge in [-0.1, -0.05) is 45.4 Å². The Morgan fingerprint density at radius 1 is 0.889 bits per heavy atom. The SMILES string of the molecule is CCCC1CCC(CCCC(=O)OC2CCCCC2)(C2CCCCC2)CC1. The zero-order valence-electron chi connectivity index (χ0n) is 18.0. The Balaban J connectivity index is 1.48. The van der Waals surface area contributed by atoms with Crippen molar-refractivity contribution in [3.8, 4) is 0 Å². The van der Waals surface area contributed by atoms with E-state index in [1.165, 1.54) is 96.3 Å². The molecule has 2 nitrogen and oxygen atoms in total. The van der Waals surface area contributed by atoms with E-state index in [1.807, 2.05) is 0 Å². The van der Waals surface area contributed by atoms with E-state index in [0.717, 1.165) is 31.1 Å². The van der Waals surface area contributed by atoms with Gasteiger partial charge in [0.25, 0.3) is 0 Å². The number of ether oxygens (including phenoxy) is 1. The Morgan fingerprint density at radius 2 is 1.52 bits per heavy atom. The van der Waals surface area contributed by atoms with Crippen molar-refractivity contribution in [1.29, 1.82) is 0 Å². The summed E-state index contributed by atoms with van der Waals surface area (Å²) in [5, 5.41) is 0. The molecule has 2 heteroatoms. The van der Waals surface area contributed by atoms with Crippen molar-refractivity contribution in [2.45, 2.75) is 135 Å². The van der Waals surface area contributed by atoms with Gasteiger partial charge >= 0.3 is 5.97 Å². The van der Waals surface area contributed by atoms with Crippen LogP contribution < -0.4 is 0 Å². The monoisotopic (exact) mass is 376 g/mol. The molecule has 0 aliphatic heterocycles. The summed E-state index contributed by atoms with van der Waals surface area (Å²) in [6.07, 6.45) is 24.9. The predicted molar refractivity (Wildman–Crippen MR) is 113 cm³/mol. The fraction of sp³-hybridized carbons (Fsp3) is 0.960. The van der Waals surface area contributed by atoms with E-state index in [1.54, 1.807) is 0 Å². The summed E-state index contributed by atoms with van der Waals surface area (Å²) in [5.74, 6) is 1.99. The van der Waals surface area contributed by atoms with Gasteiger partial charge in [0.05, 0.1) is 0 Å².